The lowest BCUT2D eigenvalue weighted by atomic mass is 10.2. The van der Waals surface area contributed by atoms with E-state index in [1.54, 1.807) is 48.5 Å². The summed E-state index contributed by atoms with van der Waals surface area (Å²) in [4.78, 5) is 37.4. The van der Waals surface area contributed by atoms with Crippen molar-refractivity contribution >= 4 is 40.3 Å². The SMILES string of the molecule is COc1ccccc1C(=O)NN=C1NC(=O)C[C@@H](C(=O)Nc2ccc(Oc3ccccc3)cc2)S1. The Morgan fingerprint density at radius 3 is 2.40 bits per heavy atom. The van der Waals surface area contributed by atoms with E-state index >= 15 is 0 Å². The summed E-state index contributed by atoms with van der Waals surface area (Å²) < 4.78 is 10.9. The molecule has 1 atom stereocenters. The van der Waals surface area contributed by atoms with E-state index in [9.17, 15) is 14.4 Å². The predicted octanol–water partition coefficient (Wildman–Crippen LogP) is 3.75. The van der Waals surface area contributed by atoms with Crippen molar-refractivity contribution in [3.05, 3.63) is 84.4 Å². The molecule has 1 aliphatic heterocycles. The van der Waals surface area contributed by atoms with Gasteiger partial charge in [0.1, 0.15) is 22.5 Å². The number of nitrogens with zero attached hydrogens (tertiary/aromatic N) is 1. The van der Waals surface area contributed by atoms with Crippen molar-refractivity contribution in [1.82, 2.24) is 10.7 Å². The molecular formula is C25H22N4O5S. The van der Waals surface area contributed by atoms with Crippen LogP contribution in [0.5, 0.6) is 17.2 Å². The van der Waals surface area contributed by atoms with Crippen molar-refractivity contribution in [3.8, 4) is 17.2 Å². The standard InChI is InChI=1S/C25H22N4O5S/c1-33-20-10-6-5-9-19(20)23(31)28-29-25-27-22(30)15-21(35-25)24(32)26-16-11-13-18(14-12-16)34-17-7-3-2-4-8-17/h2-14,21H,15H2,1H3,(H,26,32)(H,28,31)(H,27,29,30)/t21-/m0/s1. The van der Waals surface area contributed by atoms with E-state index in [0.717, 1.165) is 11.8 Å². The van der Waals surface area contributed by atoms with Crippen molar-refractivity contribution in [1.29, 1.82) is 0 Å². The second-order valence-corrected chi connectivity index (χ2v) is 8.54. The summed E-state index contributed by atoms with van der Waals surface area (Å²) in [6.45, 7) is 0. The summed E-state index contributed by atoms with van der Waals surface area (Å²) in [5, 5.41) is 8.74. The van der Waals surface area contributed by atoms with Gasteiger partial charge < -0.3 is 20.1 Å². The van der Waals surface area contributed by atoms with Gasteiger partial charge in [0, 0.05) is 12.1 Å². The number of para-hydroxylation sites is 2. The Morgan fingerprint density at radius 1 is 0.971 bits per heavy atom. The topological polar surface area (TPSA) is 118 Å². The molecule has 178 valence electrons. The van der Waals surface area contributed by atoms with Crippen molar-refractivity contribution in [3.63, 3.8) is 0 Å². The minimum Gasteiger partial charge on any atom is -0.496 e. The number of carbonyl (C=O) groups excluding carboxylic acids is 3. The number of thioether (sulfide) groups is 1. The number of ether oxygens (including phenoxy) is 2. The Kier molecular flexibility index (Phi) is 7.63. The summed E-state index contributed by atoms with van der Waals surface area (Å²) in [6.07, 6.45) is -0.0226. The monoisotopic (exact) mass is 490 g/mol. The zero-order valence-electron chi connectivity index (χ0n) is 18.7. The van der Waals surface area contributed by atoms with Crippen molar-refractivity contribution in [2.45, 2.75) is 11.7 Å². The molecule has 1 aliphatic rings. The molecule has 0 spiro atoms. The smallest absolute Gasteiger partial charge is 0.275 e. The number of hydrogen-bond donors (Lipinski definition) is 3. The lowest BCUT2D eigenvalue weighted by Gasteiger charge is -2.22. The lowest BCUT2D eigenvalue weighted by molar-refractivity contribution is -0.123. The van der Waals surface area contributed by atoms with E-state index in [0.29, 0.717) is 28.5 Å². The maximum atomic E-state index is 12.8. The number of hydrazone groups is 1. The second kappa shape index (κ2) is 11.2. The highest BCUT2D eigenvalue weighted by atomic mass is 32.2. The molecule has 10 heteroatoms. The van der Waals surface area contributed by atoms with E-state index in [1.165, 1.54) is 7.11 Å². The van der Waals surface area contributed by atoms with Crippen molar-refractivity contribution in [2.75, 3.05) is 12.4 Å². The average molecular weight is 491 g/mol. The lowest BCUT2D eigenvalue weighted by Crippen LogP contribution is -2.42. The van der Waals surface area contributed by atoms with Gasteiger partial charge in [0.15, 0.2) is 5.17 Å². The fraction of sp³-hybridized carbons (Fsp3) is 0.120. The number of carbonyl (C=O) groups is 3. The predicted molar refractivity (Wildman–Crippen MR) is 134 cm³/mol. The van der Waals surface area contributed by atoms with Gasteiger partial charge in [-0.2, -0.15) is 0 Å². The molecule has 4 rings (SSSR count). The second-order valence-electron chi connectivity index (χ2n) is 7.35. The third-order valence-corrected chi connectivity index (χ3v) is 5.96. The molecule has 0 saturated carbocycles. The van der Waals surface area contributed by atoms with Gasteiger partial charge in [-0.05, 0) is 48.5 Å². The number of amides is 3. The summed E-state index contributed by atoms with van der Waals surface area (Å²) in [5.41, 5.74) is 3.24. The molecule has 9 nitrogen and oxygen atoms in total. The van der Waals surface area contributed by atoms with Crippen LogP contribution in [0.3, 0.4) is 0 Å². The molecule has 1 fully saturated rings. The molecule has 0 unspecified atom stereocenters. The third kappa shape index (κ3) is 6.39. The minimum absolute atomic E-state index is 0.0226. The van der Waals surface area contributed by atoms with Crippen molar-refractivity contribution < 1.29 is 23.9 Å². The van der Waals surface area contributed by atoms with Crippen LogP contribution < -0.4 is 25.5 Å². The van der Waals surface area contributed by atoms with Crippen LogP contribution in [-0.2, 0) is 9.59 Å². The first-order valence-electron chi connectivity index (χ1n) is 10.6. The van der Waals surface area contributed by atoms with Crippen LogP contribution in [0.1, 0.15) is 16.8 Å². The normalized spacial score (nSPS) is 16.2. The zero-order valence-corrected chi connectivity index (χ0v) is 19.5. The fourth-order valence-corrected chi connectivity index (χ4v) is 4.13. The molecular weight excluding hydrogens is 468 g/mol. The van der Waals surface area contributed by atoms with Crippen LogP contribution in [0.25, 0.3) is 0 Å². The molecule has 1 saturated heterocycles. The summed E-state index contributed by atoms with van der Waals surface area (Å²) in [5.74, 6) is 0.489. The molecule has 3 N–H and O–H groups in total. The summed E-state index contributed by atoms with van der Waals surface area (Å²) >= 11 is 1.05. The van der Waals surface area contributed by atoms with Gasteiger partial charge in [-0.15, -0.1) is 5.10 Å². The molecule has 1 heterocycles. The van der Waals surface area contributed by atoms with Gasteiger partial charge in [0.2, 0.25) is 11.8 Å². The van der Waals surface area contributed by atoms with Gasteiger partial charge in [0.05, 0.1) is 12.7 Å². The Labute approximate surface area is 205 Å². The Morgan fingerprint density at radius 2 is 1.66 bits per heavy atom. The molecule has 0 aliphatic carbocycles. The van der Waals surface area contributed by atoms with E-state index < -0.39 is 11.2 Å². The quantitative estimate of drug-likeness (QED) is 0.434. The molecule has 3 aromatic rings. The highest BCUT2D eigenvalue weighted by Gasteiger charge is 2.30. The number of rotatable bonds is 7. The Balaban J connectivity index is 1.36. The summed E-state index contributed by atoms with van der Waals surface area (Å²) in [6, 6.07) is 22.9. The van der Waals surface area contributed by atoms with Gasteiger partial charge in [-0.25, -0.2) is 5.43 Å². The van der Waals surface area contributed by atoms with Gasteiger partial charge in [-0.3, -0.25) is 14.4 Å². The highest BCUT2D eigenvalue weighted by Crippen LogP contribution is 2.25. The third-order valence-electron chi connectivity index (χ3n) is 4.87. The number of amidine groups is 1. The molecule has 0 radical (unpaired) electrons. The molecule has 0 bridgehead atoms. The Hall–Kier alpha value is -4.31. The number of nitrogens with one attached hydrogen (secondary N) is 3. The van der Waals surface area contributed by atoms with Crippen LogP contribution in [0.4, 0.5) is 5.69 Å². The molecule has 35 heavy (non-hydrogen) atoms. The van der Waals surface area contributed by atoms with Crippen LogP contribution in [0, 0.1) is 0 Å². The van der Waals surface area contributed by atoms with Crippen molar-refractivity contribution in [2.24, 2.45) is 5.10 Å². The fourth-order valence-electron chi connectivity index (χ4n) is 3.19. The van der Waals surface area contributed by atoms with Gasteiger partial charge in [0.25, 0.3) is 5.91 Å². The summed E-state index contributed by atoms with van der Waals surface area (Å²) in [7, 11) is 1.46. The van der Waals surface area contributed by atoms with Gasteiger partial charge >= 0.3 is 0 Å². The number of benzene rings is 3. The maximum Gasteiger partial charge on any atom is 0.275 e. The van der Waals surface area contributed by atoms with Crippen LogP contribution in [-0.4, -0.2) is 35.2 Å². The van der Waals surface area contributed by atoms with E-state index in [2.05, 4.69) is 21.2 Å². The van der Waals surface area contributed by atoms with Crippen LogP contribution in [0.15, 0.2) is 84.0 Å². The highest BCUT2D eigenvalue weighted by molar-refractivity contribution is 8.15. The first kappa shape index (κ1) is 23.8. The maximum absolute atomic E-state index is 12.8. The first-order valence-corrected chi connectivity index (χ1v) is 11.5. The number of methoxy groups -OCH3 is 1. The van der Waals surface area contributed by atoms with Crippen LogP contribution in [0.2, 0.25) is 0 Å². The van der Waals surface area contributed by atoms with E-state index in [1.807, 2.05) is 30.3 Å². The minimum atomic E-state index is -0.717. The van der Waals surface area contributed by atoms with E-state index in [-0.39, 0.29) is 23.4 Å². The number of anilines is 1. The average Bonchev–Trinajstić information content (AvgIpc) is 2.88. The largest absolute Gasteiger partial charge is 0.496 e. The molecule has 3 aromatic carbocycles. The van der Waals surface area contributed by atoms with Crippen LogP contribution >= 0.6 is 11.8 Å². The Bertz CT molecular complexity index is 1250. The zero-order chi connectivity index (χ0) is 24.6. The van der Waals surface area contributed by atoms with E-state index in [4.69, 9.17) is 9.47 Å². The number of hydrogen-bond acceptors (Lipinski definition) is 7. The van der Waals surface area contributed by atoms with Gasteiger partial charge in [-0.1, -0.05) is 42.1 Å². The molecule has 0 aromatic heterocycles. The molecule has 3 amide bonds. The first-order chi connectivity index (χ1) is 17.0.